The maximum Gasteiger partial charge on any atom is 0.270 e. The van der Waals surface area contributed by atoms with E-state index in [1.165, 1.54) is 10.4 Å². The van der Waals surface area contributed by atoms with Gasteiger partial charge < -0.3 is 10.1 Å². The van der Waals surface area contributed by atoms with Gasteiger partial charge in [-0.1, -0.05) is 48.0 Å². The fourth-order valence-corrected chi connectivity index (χ4v) is 5.73. The van der Waals surface area contributed by atoms with Crippen LogP contribution in [0.4, 0.5) is 11.4 Å². The van der Waals surface area contributed by atoms with Crippen molar-refractivity contribution in [2.24, 2.45) is 0 Å². The lowest BCUT2D eigenvalue weighted by Gasteiger charge is -2.33. The summed E-state index contributed by atoms with van der Waals surface area (Å²) in [6.45, 7) is 6.07. The van der Waals surface area contributed by atoms with Crippen LogP contribution in [-0.2, 0) is 14.8 Å². The van der Waals surface area contributed by atoms with Crippen LogP contribution in [0.25, 0.3) is 5.57 Å². The first-order valence-electron chi connectivity index (χ1n) is 10.6. The fraction of sp³-hybridized carbons (Fsp3) is 0.115. The number of hydrogen-bond acceptors (Lipinski definition) is 4. The highest BCUT2D eigenvalue weighted by atomic mass is 35.5. The number of carbonyl (C=O) groups excluding carboxylic acids is 1. The zero-order valence-corrected chi connectivity index (χ0v) is 20.1. The van der Waals surface area contributed by atoms with Crippen molar-refractivity contribution in [1.29, 1.82) is 0 Å². The van der Waals surface area contributed by atoms with Crippen molar-refractivity contribution in [3.8, 4) is 5.75 Å². The third kappa shape index (κ3) is 4.44. The van der Waals surface area contributed by atoms with Crippen molar-refractivity contribution in [3.05, 3.63) is 107 Å². The second-order valence-electron chi connectivity index (χ2n) is 7.47. The summed E-state index contributed by atoms with van der Waals surface area (Å²) in [6.07, 6.45) is 1.48. The topological polar surface area (TPSA) is 75.7 Å². The molecular formula is C26H23ClN2O4S. The Morgan fingerprint density at radius 1 is 1.09 bits per heavy atom. The number of fused-ring (bicyclic) bond motifs is 1. The predicted molar refractivity (Wildman–Crippen MR) is 137 cm³/mol. The van der Waals surface area contributed by atoms with E-state index in [0.717, 1.165) is 0 Å². The fourth-order valence-electron chi connectivity index (χ4n) is 3.84. The van der Waals surface area contributed by atoms with Gasteiger partial charge in [0.1, 0.15) is 5.75 Å². The van der Waals surface area contributed by atoms with Crippen molar-refractivity contribution >= 4 is 44.5 Å². The van der Waals surface area contributed by atoms with E-state index in [0.29, 0.717) is 45.5 Å². The molecule has 1 aliphatic heterocycles. The van der Waals surface area contributed by atoms with Gasteiger partial charge in [0.15, 0.2) is 4.91 Å². The molecule has 0 spiro atoms. The van der Waals surface area contributed by atoms with Crippen LogP contribution in [-0.4, -0.2) is 27.5 Å². The molecule has 1 amide bonds. The first kappa shape index (κ1) is 23.6. The Bertz CT molecular complexity index is 1370. The number of anilines is 2. The Labute approximate surface area is 204 Å². The minimum Gasteiger partial charge on any atom is -0.494 e. The van der Waals surface area contributed by atoms with Crippen LogP contribution in [0, 0.1) is 0 Å². The molecule has 3 aromatic carbocycles. The average molecular weight is 495 g/mol. The molecule has 3 aromatic rings. The van der Waals surface area contributed by atoms with Gasteiger partial charge in [0, 0.05) is 21.8 Å². The molecule has 0 bridgehead atoms. The molecule has 0 radical (unpaired) electrons. The van der Waals surface area contributed by atoms with E-state index in [1.54, 1.807) is 66.7 Å². The van der Waals surface area contributed by atoms with Crippen LogP contribution in [0.3, 0.4) is 0 Å². The van der Waals surface area contributed by atoms with Crippen LogP contribution in [0.1, 0.15) is 18.1 Å². The lowest BCUT2D eigenvalue weighted by Crippen LogP contribution is -2.39. The Kier molecular flexibility index (Phi) is 6.77. The van der Waals surface area contributed by atoms with E-state index < -0.39 is 15.9 Å². The van der Waals surface area contributed by atoms with Gasteiger partial charge in [-0.05, 0) is 55.0 Å². The van der Waals surface area contributed by atoms with E-state index in [2.05, 4.69) is 11.9 Å². The second kappa shape index (κ2) is 9.75. The maximum atomic E-state index is 13.8. The quantitative estimate of drug-likeness (QED) is 0.442. The van der Waals surface area contributed by atoms with Crippen molar-refractivity contribution in [1.82, 2.24) is 0 Å². The van der Waals surface area contributed by atoms with Gasteiger partial charge in [0.25, 0.3) is 15.9 Å². The number of rotatable bonds is 7. The zero-order chi connectivity index (χ0) is 24.3. The van der Waals surface area contributed by atoms with E-state index in [-0.39, 0.29) is 11.4 Å². The minimum atomic E-state index is -4.22. The van der Waals surface area contributed by atoms with Crippen molar-refractivity contribution in [3.63, 3.8) is 0 Å². The molecular weight excluding hydrogens is 472 g/mol. The first-order valence-corrected chi connectivity index (χ1v) is 12.5. The molecule has 1 N–H and O–H groups in total. The molecule has 1 aliphatic rings. The molecule has 4 rings (SSSR count). The van der Waals surface area contributed by atoms with Gasteiger partial charge in [-0.3, -0.25) is 9.10 Å². The summed E-state index contributed by atoms with van der Waals surface area (Å²) in [6, 6.07) is 20.6. The average Bonchev–Trinajstić information content (AvgIpc) is 2.82. The van der Waals surface area contributed by atoms with Crippen LogP contribution in [0.2, 0.25) is 5.02 Å². The van der Waals surface area contributed by atoms with Gasteiger partial charge in [-0.2, -0.15) is 0 Å². The smallest absolute Gasteiger partial charge is 0.270 e. The highest BCUT2D eigenvalue weighted by molar-refractivity contribution is 7.97. The normalized spacial score (nSPS) is 14.4. The Morgan fingerprint density at radius 2 is 1.79 bits per heavy atom. The molecule has 174 valence electrons. The number of ether oxygens (including phenoxy) is 1. The SMILES string of the molecule is C=CCN1c2ccc(Cl)cc2C(c2ccccc2)=C(C(=O)Nc2ccc(OCC)cc2)S1(=O)=O. The maximum absolute atomic E-state index is 13.8. The molecule has 6 nitrogen and oxygen atoms in total. The Balaban J connectivity index is 1.92. The monoisotopic (exact) mass is 494 g/mol. The Morgan fingerprint density at radius 3 is 2.44 bits per heavy atom. The summed E-state index contributed by atoms with van der Waals surface area (Å²) in [7, 11) is -4.22. The molecule has 0 saturated heterocycles. The van der Waals surface area contributed by atoms with E-state index >= 15 is 0 Å². The first-order chi connectivity index (χ1) is 16.4. The highest BCUT2D eigenvalue weighted by Gasteiger charge is 2.41. The molecule has 1 heterocycles. The third-order valence-electron chi connectivity index (χ3n) is 5.26. The number of carbonyl (C=O) groups is 1. The van der Waals surface area contributed by atoms with Crippen LogP contribution in [0.5, 0.6) is 5.75 Å². The molecule has 0 unspecified atom stereocenters. The van der Waals surface area contributed by atoms with E-state index in [9.17, 15) is 13.2 Å². The van der Waals surface area contributed by atoms with Gasteiger partial charge in [0.2, 0.25) is 0 Å². The largest absolute Gasteiger partial charge is 0.494 e. The number of benzene rings is 3. The molecule has 0 aliphatic carbocycles. The van der Waals surface area contributed by atoms with Crippen molar-refractivity contribution < 1.29 is 17.9 Å². The van der Waals surface area contributed by atoms with Crippen LogP contribution in [0.15, 0.2) is 90.4 Å². The molecule has 34 heavy (non-hydrogen) atoms. The number of hydrogen-bond donors (Lipinski definition) is 1. The number of amides is 1. The number of nitrogens with one attached hydrogen (secondary N) is 1. The number of sulfonamides is 1. The third-order valence-corrected chi connectivity index (χ3v) is 7.33. The summed E-state index contributed by atoms with van der Waals surface area (Å²) in [5.74, 6) is -0.0987. The number of nitrogens with zero attached hydrogens (tertiary/aromatic N) is 1. The highest BCUT2D eigenvalue weighted by Crippen LogP contribution is 2.44. The van der Waals surface area contributed by atoms with Crippen LogP contribution < -0.4 is 14.4 Å². The second-order valence-corrected chi connectivity index (χ2v) is 9.70. The standard InChI is InChI=1S/C26H23ClN2O4S/c1-3-16-29-23-15-10-19(27)17-22(23)24(18-8-6-5-7-9-18)25(34(29,31)32)26(30)28-20-11-13-21(14-12-20)33-4-2/h3,5-15,17H,1,4,16H2,2H3,(H,28,30). The lowest BCUT2D eigenvalue weighted by molar-refractivity contribution is -0.112. The van der Waals surface area contributed by atoms with Crippen LogP contribution >= 0.6 is 11.6 Å². The van der Waals surface area contributed by atoms with Gasteiger partial charge in [-0.25, -0.2) is 8.42 Å². The predicted octanol–water partition coefficient (Wildman–Crippen LogP) is 5.47. The summed E-state index contributed by atoms with van der Waals surface area (Å²) < 4.78 is 34.2. The molecule has 8 heteroatoms. The Hall–Kier alpha value is -3.55. The van der Waals surface area contributed by atoms with Gasteiger partial charge >= 0.3 is 0 Å². The number of halogens is 1. The summed E-state index contributed by atoms with van der Waals surface area (Å²) in [4.78, 5) is 13.2. The van der Waals surface area contributed by atoms with E-state index in [1.807, 2.05) is 13.0 Å². The zero-order valence-electron chi connectivity index (χ0n) is 18.5. The minimum absolute atomic E-state index is 0.00112. The van der Waals surface area contributed by atoms with Gasteiger partial charge in [-0.15, -0.1) is 6.58 Å². The van der Waals surface area contributed by atoms with E-state index in [4.69, 9.17) is 16.3 Å². The summed E-state index contributed by atoms with van der Waals surface area (Å²) in [5.41, 5.74) is 2.30. The molecule has 0 fully saturated rings. The summed E-state index contributed by atoms with van der Waals surface area (Å²) >= 11 is 6.30. The molecule has 0 aromatic heterocycles. The molecule has 0 saturated carbocycles. The lowest BCUT2D eigenvalue weighted by atomic mass is 9.95. The molecule has 0 atom stereocenters. The van der Waals surface area contributed by atoms with Crippen molar-refractivity contribution in [2.75, 3.05) is 22.8 Å². The summed E-state index contributed by atoms with van der Waals surface area (Å²) in [5, 5.41) is 3.15. The van der Waals surface area contributed by atoms with Gasteiger partial charge in [0.05, 0.1) is 18.8 Å². The van der Waals surface area contributed by atoms with Crippen molar-refractivity contribution in [2.45, 2.75) is 6.92 Å².